The minimum Gasteiger partial charge on any atom is -0.497 e. The summed E-state index contributed by atoms with van der Waals surface area (Å²) in [7, 11) is 1.67. The fourth-order valence-electron chi connectivity index (χ4n) is 5.10. The molecule has 2 aromatic carbocycles. The van der Waals surface area contributed by atoms with Gasteiger partial charge in [-0.05, 0) is 80.1 Å². The summed E-state index contributed by atoms with van der Waals surface area (Å²) in [6.07, 6.45) is 4.99. The van der Waals surface area contributed by atoms with Gasteiger partial charge in [0.25, 0.3) is 0 Å². The van der Waals surface area contributed by atoms with Crippen molar-refractivity contribution in [2.24, 2.45) is 0 Å². The maximum Gasteiger partial charge on any atom is 0.246 e. The van der Waals surface area contributed by atoms with Gasteiger partial charge >= 0.3 is 0 Å². The van der Waals surface area contributed by atoms with E-state index in [-0.39, 0.29) is 5.91 Å². The fourth-order valence-corrected chi connectivity index (χ4v) is 5.47. The Morgan fingerprint density at radius 1 is 1.11 bits per heavy atom. The zero-order valence-electron chi connectivity index (χ0n) is 20.6. The van der Waals surface area contributed by atoms with Gasteiger partial charge in [0.2, 0.25) is 5.91 Å². The van der Waals surface area contributed by atoms with Crippen molar-refractivity contribution in [1.29, 1.82) is 0 Å². The molecule has 1 unspecified atom stereocenters. The number of carbonyl (C=O) groups is 1. The number of β-amino-alcohol motifs (C(OH)–C–C–N with tert-alkyl or cyclic N) is 1. The van der Waals surface area contributed by atoms with Gasteiger partial charge in [-0.3, -0.25) is 4.79 Å². The Hall–Kier alpha value is -2.09. The van der Waals surface area contributed by atoms with Crippen molar-refractivity contribution in [2.75, 3.05) is 39.8 Å². The molecular weight excluding hydrogens is 499 g/mol. The van der Waals surface area contributed by atoms with E-state index >= 15 is 0 Å². The van der Waals surface area contributed by atoms with Crippen LogP contribution in [0.15, 0.2) is 48.5 Å². The van der Waals surface area contributed by atoms with E-state index in [1.807, 2.05) is 12.1 Å². The highest BCUT2D eigenvalue weighted by molar-refractivity contribution is 6.42. The van der Waals surface area contributed by atoms with Gasteiger partial charge in [-0.2, -0.15) is 0 Å². The molecule has 2 aromatic rings. The second-order valence-corrected chi connectivity index (χ2v) is 10.6. The molecule has 0 radical (unpaired) electrons. The van der Waals surface area contributed by atoms with Crippen molar-refractivity contribution in [3.8, 4) is 5.75 Å². The molecule has 8 heteroatoms. The van der Waals surface area contributed by atoms with Crippen LogP contribution in [-0.4, -0.2) is 77.5 Å². The maximum atomic E-state index is 12.7. The summed E-state index contributed by atoms with van der Waals surface area (Å²) in [4.78, 5) is 16.6. The van der Waals surface area contributed by atoms with Crippen LogP contribution < -0.4 is 4.74 Å². The van der Waals surface area contributed by atoms with Crippen LogP contribution in [0.2, 0.25) is 10.0 Å². The summed E-state index contributed by atoms with van der Waals surface area (Å²) in [5.74, 6) is 1.21. The number of piperidine rings is 2. The average Bonchev–Trinajstić information content (AvgIpc) is 2.90. The van der Waals surface area contributed by atoms with Gasteiger partial charge < -0.3 is 24.7 Å². The van der Waals surface area contributed by atoms with E-state index in [2.05, 4.69) is 17.0 Å². The van der Waals surface area contributed by atoms with Crippen LogP contribution in [0.1, 0.15) is 42.7 Å². The number of benzene rings is 2. The lowest BCUT2D eigenvalue weighted by Gasteiger charge is -2.43. The molecule has 2 heterocycles. The molecule has 2 fully saturated rings. The summed E-state index contributed by atoms with van der Waals surface area (Å²) in [5, 5.41) is 22.9. The number of hydrogen-bond donors (Lipinski definition) is 2. The van der Waals surface area contributed by atoms with E-state index in [1.54, 1.807) is 36.3 Å². The van der Waals surface area contributed by atoms with E-state index in [9.17, 15) is 15.0 Å². The van der Waals surface area contributed by atoms with Crippen molar-refractivity contribution >= 4 is 35.2 Å². The number of rotatable bonds is 7. The largest absolute Gasteiger partial charge is 0.497 e. The Kier molecular flexibility index (Phi) is 8.96. The van der Waals surface area contributed by atoms with E-state index in [0.717, 1.165) is 31.7 Å². The molecule has 2 saturated heterocycles. The van der Waals surface area contributed by atoms with Crippen molar-refractivity contribution < 1.29 is 19.7 Å². The van der Waals surface area contributed by atoms with E-state index in [1.165, 1.54) is 11.6 Å². The molecule has 194 valence electrons. The van der Waals surface area contributed by atoms with E-state index in [0.29, 0.717) is 54.0 Å². The molecule has 0 bridgehead atoms. The molecule has 36 heavy (non-hydrogen) atoms. The quantitative estimate of drug-likeness (QED) is 0.509. The topological polar surface area (TPSA) is 73.2 Å². The molecule has 1 atom stereocenters. The van der Waals surface area contributed by atoms with Crippen molar-refractivity contribution in [2.45, 2.75) is 43.3 Å². The number of aliphatic hydroxyl groups is 2. The van der Waals surface area contributed by atoms with Gasteiger partial charge in [0.1, 0.15) is 5.75 Å². The van der Waals surface area contributed by atoms with Gasteiger partial charge in [-0.15, -0.1) is 0 Å². The molecule has 2 N–H and O–H groups in total. The first-order chi connectivity index (χ1) is 17.3. The predicted molar refractivity (Wildman–Crippen MR) is 144 cm³/mol. The molecule has 0 aliphatic carbocycles. The Bertz CT molecular complexity index is 1060. The summed E-state index contributed by atoms with van der Waals surface area (Å²) in [6, 6.07) is 13.5. The minimum atomic E-state index is -1.19. The van der Waals surface area contributed by atoms with Crippen LogP contribution in [0.5, 0.6) is 5.75 Å². The highest BCUT2D eigenvalue weighted by Gasteiger charge is 2.40. The summed E-state index contributed by atoms with van der Waals surface area (Å²) in [5.41, 5.74) is 0.805. The maximum absolute atomic E-state index is 12.7. The number of nitrogens with zero attached hydrogens (tertiary/aromatic N) is 2. The Labute approximate surface area is 223 Å². The van der Waals surface area contributed by atoms with Crippen LogP contribution >= 0.6 is 23.2 Å². The average molecular weight is 533 g/mol. The van der Waals surface area contributed by atoms with Gasteiger partial charge in [0.05, 0.1) is 28.9 Å². The third-order valence-electron chi connectivity index (χ3n) is 7.55. The number of aliphatic hydroxyl groups excluding tert-OH is 1. The Morgan fingerprint density at radius 3 is 2.42 bits per heavy atom. The molecule has 0 aromatic heterocycles. The van der Waals surface area contributed by atoms with Gasteiger partial charge in [0, 0.05) is 25.7 Å². The zero-order chi connectivity index (χ0) is 25.7. The number of amides is 1. The first-order valence-electron chi connectivity index (χ1n) is 12.5. The van der Waals surface area contributed by atoms with Gasteiger partial charge in [0.15, 0.2) is 0 Å². The Balaban J connectivity index is 1.24. The lowest BCUT2D eigenvalue weighted by molar-refractivity contribution is -0.140. The Morgan fingerprint density at radius 2 is 1.78 bits per heavy atom. The number of halogens is 2. The fraction of sp³-hybridized carbons (Fsp3) is 0.464. The first-order valence-corrected chi connectivity index (χ1v) is 13.2. The van der Waals surface area contributed by atoms with Crippen LogP contribution in [-0.2, 0) is 4.79 Å². The lowest BCUT2D eigenvalue weighted by atomic mass is 9.84. The molecule has 2 aliphatic heterocycles. The molecule has 6 nitrogen and oxygen atoms in total. The highest BCUT2D eigenvalue weighted by Crippen LogP contribution is 2.32. The van der Waals surface area contributed by atoms with Crippen molar-refractivity contribution in [1.82, 2.24) is 9.80 Å². The van der Waals surface area contributed by atoms with Crippen LogP contribution in [0.25, 0.3) is 6.08 Å². The lowest BCUT2D eigenvalue weighted by Crippen LogP contribution is -2.56. The summed E-state index contributed by atoms with van der Waals surface area (Å²) in [6.45, 7) is 2.97. The number of ether oxygens (including phenoxy) is 1. The summed E-state index contributed by atoms with van der Waals surface area (Å²) < 4.78 is 5.25. The van der Waals surface area contributed by atoms with Gasteiger partial charge in [-0.25, -0.2) is 0 Å². The molecule has 4 rings (SSSR count). The second-order valence-electron chi connectivity index (χ2n) is 9.77. The first kappa shape index (κ1) is 27.0. The monoisotopic (exact) mass is 532 g/mol. The van der Waals surface area contributed by atoms with Crippen molar-refractivity contribution in [3.05, 3.63) is 69.7 Å². The minimum absolute atomic E-state index is 0.150. The number of likely N-dealkylation sites (tertiary alicyclic amines) is 2. The van der Waals surface area contributed by atoms with E-state index < -0.39 is 11.7 Å². The second kappa shape index (κ2) is 12.0. The van der Waals surface area contributed by atoms with Crippen molar-refractivity contribution in [3.63, 3.8) is 0 Å². The molecule has 0 spiro atoms. The van der Waals surface area contributed by atoms with E-state index in [4.69, 9.17) is 27.9 Å². The third-order valence-corrected chi connectivity index (χ3v) is 8.39. The smallest absolute Gasteiger partial charge is 0.246 e. The molecule has 2 aliphatic rings. The molecular formula is C28H34Cl2N2O4. The number of carbonyl (C=O) groups excluding carboxylic acids is 1. The van der Waals surface area contributed by atoms with Crippen LogP contribution in [0, 0.1) is 0 Å². The number of methoxy groups -OCH3 is 1. The van der Waals surface area contributed by atoms with Crippen LogP contribution in [0.3, 0.4) is 0 Å². The molecule has 1 amide bonds. The number of hydrogen-bond acceptors (Lipinski definition) is 5. The zero-order valence-corrected chi connectivity index (χ0v) is 22.1. The van der Waals surface area contributed by atoms with Gasteiger partial charge in [-0.1, -0.05) is 47.5 Å². The normalized spacial score (nSPS) is 20.0. The van der Waals surface area contributed by atoms with Crippen LogP contribution in [0.4, 0.5) is 0 Å². The third kappa shape index (κ3) is 6.42. The highest BCUT2D eigenvalue weighted by atomic mass is 35.5. The SMILES string of the molecule is COc1ccc(C2CCN(CC(O)C3(O)CCN(C(=O)C=Cc4cccc(Cl)c4Cl)CC3)CC2)cc1. The standard InChI is InChI=1S/C28H34Cl2N2O4/c1-36-23-8-5-20(6-9-23)21-11-15-31(16-12-21)19-25(33)28(35)13-17-32(18-14-28)26(34)10-7-22-3-2-4-24(29)27(22)30/h2-10,21,25,33,35H,11-19H2,1H3. The molecule has 0 saturated carbocycles. The summed E-state index contributed by atoms with van der Waals surface area (Å²) >= 11 is 12.2. The predicted octanol–water partition coefficient (Wildman–Crippen LogP) is 4.61.